The number of fused-ring (bicyclic) bond motifs is 1. The van der Waals surface area contributed by atoms with Crippen LogP contribution in [0.1, 0.15) is 50.0 Å². The lowest BCUT2D eigenvalue weighted by Gasteiger charge is -2.33. The Labute approximate surface area is 121 Å². The van der Waals surface area contributed by atoms with Crippen molar-refractivity contribution in [1.82, 2.24) is 5.32 Å². The maximum atomic E-state index is 10.5. The molecule has 1 fully saturated rings. The summed E-state index contributed by atoms with van der Waals surface area (Å²) in [4.78, 5) is 0. The molecular formula is C17H25NO2. The average Bonchev–Trinajstić information content (AvgIpc) is 2.48. The van der Waals surface area contributed by atoms with Crippen LogP contribution in [0.5, 0.6) is 5.75 Å². The minimum absolute atomic E-state index is 0.469. The molecule has 1 aliphatic carbocycles. The van der Waals surface area contributed by atoms with E-state index >= 15 is 0 Å². The van der Waals surface area contributed by atoms with Gasteiger partial charge in [0.2, 0.25) is 0 Å². The van der Waals surface area contributed by atoms with Crippen LogP contribution >= 0.6 is 0 Å². The van der Waals surface area contributed by atoms with E-state index < -0.39 is 5.60 Å². The topological polar surface area (TPSA) is 41.5 Å². The third kappa shape index (κ3) is 3.15. The van der Waals surface area contributed by atoms with Crippen molar-refractivity contribution in [2.75, 3.05) is 19.7 Å². The van der Waals surface area contributed by atoms with Gasteiger partial charge in [-0.2, -0.15) is 0 Å². The fourth-order valence-electron chi connectivity index (χ4n) is 3.49. The first-order valence-electron chi connectivity index (χ1n) is 7.92. The molecule has 1 aromatic carbocycles. The molecule has 0 aromatic heterocycles. The Morgan fingerprint density at radius 1 is 1.20 bits per heavy atom. The van der Waals surface area contributed by atoms with Gasteiger partial charge < -0.3 is 15.2 Å². The fourth-order valence-corrected chi connectivity index (χ4v) is 3.49. The van der Waals surface area contributed by atoms with Crippen molar-refractivity contribution in [3.05, 3.63) is 29.8 Å². The number of nitrogens with one attached hydrogen (secondary N) is 1. The van der Waals surface area contributed by atoms with Gasteiger partial charge in [-0.1, -0.05) is 37.5 Å². The van der Waals surface area contributed by atoms with Gasteiger partial charge in [0.15, 0.2) is 0 Å². The quantitative estimate of drug-likeness (QED) is 0.888. The van der Waals surface area contributed by atoms with E-state index in [0.717, 1.165) is 57.6 Å². The van der Waals surface area contributed by atoms with Gasteiger partial charge in [-0.05, 0) is 30.9 Å². The Kier molecular flexibility index (Phi) is 4.27. The monoisotopic (exact) mass is 275 g/mol. The predicted octanol–water partition coefficient (Wildman–Crippen LogP) is 2.84. The zero-order valence-corrected chi connectivity index (χ0v) is 12.1. The summed E-state index contributed by atoms with van der Waals surface area (Å²) < 4.78 is 5.69. The first kappa shape index (κ1) is 13.9. The normalized spacial score (nSPS) is 24.8. The maximum Gasteiger partial charge on any atom is 0.122 e. The summed E-state index contributed by atoms with van der Waals surface area (Å²) in [6.45, 7) is 2.46. The molecule has 2 N–H and O–H groups in total. The molecule has 110 valence electrons. The lowest BCUT2D eigenvalue weighted by molar-refractivity contribution is 0.00463. The molecule has 1 saturated carbocycles. The van der Waals surface area contributed by atoms with Crippen molar-refractivity contribution < 1.29 is 9.84 Å². The van der Waals surface area contributed by atoms with Crippen LogP contribution in [0.15, 0.2) is 24.3 Å². The molecule has 0 amide bonds. The maximum absolute atomic E-state index is 10.5. The van der Waals surface area contributed by atoms with E-state index in [0.29, 0.717) is 5.92 Å². The van der Waals surface area contributed by atoms with E-state index in [1.54, 1.807) is 0 Å². The van der Waals surface area contributed by atoms with Gasteiger partial charge in [-0.25, -0.2) is 0 Å². The molecular weight excluding hydrogens is 250 g/mol. The third-order valence-electron chi connectivity index (χ3n) is 4.71. The number of hydrogen-bond donors (Lipinski definition) is 2. The molecule has 0 spiro atoms. The van der Waals surface area contributed by atoms with E-state index in [9.17, 15) is 5.11 Å². The van der Waals surface area contributed by atoms with Crippen molar-refractivity contribution in [1.29, 1.82) is 0 Å². The van der Waals surface area contributed by atoms with Gasteiger partial charge in [0.1, 0.15) is 5.75 Å². The Morgan fingerprint density at radius 2 is 2.00 bits per heavy atom. The minimum atomic E-state index is -0.469. The van der Waals surface area contributed by atoms with Crippen LogP contribution in [0.4, 0.5) is 0 Å². The molecule has 0 radical (unpaired) electrons. The molecule has 3 rings (SSSR count). The van der Waals surface area contributed by atoms with E-state index in [4.69, 9.17) is 4.74 Å². The number of rotatable bonds is 4. The van der Waals surface area contributed by atoms with Crippen molar-refractivity contribution in [3.63, 3.8) is 0 Å². The molecule has 1 aromatic rings. The standard InChI is InChI=1S/C17H25NO2/c19-17(9-4-1-5-10-17)13-18-12-14-8-11-20-16-7-3-2-6-15(14)16/h2-3,6-7,14,18-19H,1,4-5,8-13H2. The Bertz CT molecular complexity index is 440. The minimum Gasteiger partial charge on any atom is -0.493 e. The van der Waals surface area contributed by atoms with Crippen molar-refractivity contribution >= 4 is 0 Å². The van der Waals surface area contributed by atoms with Crippen LogP contribution in [0.2, 0.25) is 0 Å². The second-order valence-corrected chi connectivity index (χ2v) is 6.29. The van der Waals surface area contributed by atoms with E-state index in [2.05, 4.69) is 23.5 Å². The molecule has 1 aliphatic heterocycles. The van der Waals surface area contributed by atoms with Crippen LogP contribution in [0, 0.1) is 0 Å². The zero-order valence-electron chi connectivity index (χ0n) is 12.1. The SMILES string of the molecule is OC1(CNCC2CCOc3ccccc32)CCCCC1. The van der Waals surface area contributed by atoms with Gasteiger partial charge in [0.25, 0.3) is 0 Å². The summed E-state index contributed by atoms with van der Waals surface area (Å²) in [5.41, 5.74) is 0.838. The second-order valence-electron chi connectivity index (χ2n) is 6.29. The Balaban J connectivity index is 1.54. The molecule has 3 nitrogen and oxygen atoms in total. The lowest BCUT2D eigenvalue weighted by atomic mass is 9.84. The number of ether oxygens (including phenoxy) is 1. The number of hydrogen-bond acceptors (Lipinski definition) is 3. The molecule has 1 unspecified atom stereocenters. The first-order valence-corrected chi connectivity index (χ1v) is 7.92. The second kappa shape index (κ2) is 6.15. The Morgan fingerprint density at radius 3 is 2.85 bits per heavy atom. The summed E-state index contributed by atoms with van der Waals surface area (Å²) in [5.74, 6) is 1.54. The van der Waals surface area contributed by atoms with E-state index in [-0.39, 0.29) is 0 Å². The number of para-hydroxylation sites is 1. The predicted molar refractivity (Wildman–Crippen MR) is 80.2 cm³/mol. The smallest absolute Gasteiger partial charge is 0.122 e. The summed E-state index contributed by atoms with van der Waals surface area (Å²) in [6, 6.07) is 8.32. The van der Waals surface area contributed by atoms with Crippen molar-refractivity contribution in [3.8, 4) is 5.75 Å². The summed E-state index contributed by atoms with van der Waals surface area (Å²) in [5, 5.41) is 14.0. The number of benzene rings is 1. The highest BCUT2D eigenvalue weighted by Gasteiger charge is 2.29. The summed E-state index contributed by atoms with van der Waals surface area (Å²) in [6.07, 6.45) is 6.56. The van der Waals surface area contributed by atoms with Gasteiger partial charge in [-0.3, -0.25) is 0 Å². The van der Waals surface area contributed by atoms with Gasteiger partial charge >= 0.3 is 0 Å². The van der Waals surface area contributed by atoms with Gasteiger partial charge in [-0.15, -0.1) is 0 Å². The van der Waals surface area contributed by atoms with E-state index in [1.807, 2.05) is 6.07 Å². The largest absolute Gasteiger partial charge is 0.493 e. The Hall–Kier alpha value is -1.06. The number of aliphatic hydroxyl groups is 1. The fraction of sp³-hybridized carbons (Fsp3) is 0.647. The molecule has 1 atom stereocenters. The van der Waals surface area contributed by atoms with Crippen LogP contribution in [0.3, 0.4) is 0 Å². The highest BCUT2D eigenvalue weighted by Crippen LogP contribution is 2.33. The summed E-state index contributed by atoms with van der Waals surface area (Å²) >= 11 is 0. The highest BCUT2D eigenvalue weighted by molar-refractivity contribution is 5.37. The highest BCUT2D eigenvalue weighted by atomic mass is 16.5. The van der Waals surface area contributed by atoms with Gasteiger partial charge in [0.05, 0.1) is 12.2 Å². The van der Waals surface area contributed by atoms with Gasteiger partial charge in [0, 0.05) is 19.0 Å². The summed E-state index contributed by atoms with van der Waals surface area (Å²) in [7, 11) is 0. The molecule has 2 aliphatic rings. The lowest BCUT2D eigenvalue weighted by Crippen LogP contribution is -2.43. The zero-order chi connectivity index (χ0) is 13.8. The van der Waals surface area contributed by atoms with Crippen LogP contribution < -0.4 is 10.1 Å². The molecule has 0 saturated heterocycles. The van der Waals surface area contributed by atoms with E-state index in [1.165, 1.54) is 12.0 Å². The van der Waals surface area contributed by atoms with Crippen molar-refractivity contribution in [2.45, 2.75) is 50.0 Å². The van der Waals surface area contributed by atoms with Crippen molar-refractivity contribution in [2.24, 2.45) is 0 Å². The third-order valence-corrected chi connectivity index (χ3v) is 4.71. The van der Waals surface area contributed by atoms with Crippen LogP contribution in [-0.2, 0) is 0 Å². The average molecular weight is 275 g/mol. The van der Waals surface area contributed by atoms with Crippen LogP contribution in [-0.4, -0.2) is 30.4 Å². The van der Waals surface area contributed by atoms with Crippen LogP contribution in [0.25, 0.3) is 0 Å². The molecule has 0 bridgehead atoms. The molecule has 20 heavy (non-hydrogen) atoms. The first-order chi connectivity index (χ1) is 9.77. The molecule has 3 heteroatoms. The molecule has 1 heterocycles.